The van der Waals surface area contributed by atoms with Crippen LogP contribution in [-0.2, 0) is 0 Å². The summed E-state index contributed by atoms with van der Waals surface area (Å²) in [6.45, 7) is 1.52. The normalized spacial score (nSPS) is 9.93. The van der Waals surface area contributed by atoms with Crippen LogP contribution in [0, 0.1) is 0 Å². The Hall–Kier alpha value is -2.03. The van der Waals surface area contributed by atoms with Gasteiger partial charge in [0, 0.05) is 11.1 Å². The van der Waals surface area contributed by atoms with Crippen LogP contribution in [-0.4, -0.2) is 16.0 Å². The first-order valence-electron chi connectivity index (χ1n) is 4.66. The van der Waals surface area contributed by atoms with Crippen LogP contribution < -0.4 is 0 Å². The first-order valence-corrected chi connectivity index (χ1v) is 4.66. The number of benzene rings is 1. The molecule has 1 aromatic carbocycles. The molecule has 0 fully saturated rings. The monoisotopic (exact) mass is 198 g/mol. The van der Waals surface area contributed by atoms with Crippen molar-refractivity contribution in [3.63, 3.8) is 0 Å². The Morgan fingerprint density at radius 2 is 1.93 bits per heavy atom. The van der Waals surface area contributed by atoms with Crippen molar-refractivity contribution in [2.45, 2.75) is 6.92 Å². The first-order chi connectivity index (χ1) is 7.27. The fraction of sp³-hybridized carbons (Fsp3) is 0.0833. The summed E-state index contributed by atoms with van der Waals surface area (Å²) in [5.41, 5.74) is 2.28. The van der Waals surface area contributed by atoms with Crippen LogP contribution >= 0.6 is 0 Å². The van der Waals surface area contributed by atoms with E-state index in [1.807, 2.05) is 30.3 Å². The van der Waals surface area contributed by atoms with Crippen molar-refractivity contribution in [1.29, 1.82) is 0 Å². The van der Waals surface area contributed by atoms with Crippen molar-refractivity contribution in [2.24, 2.45) is 0 Å². The van der Waals surface area contributed by atoms with E-state index in [2.05, 4.69) is 10.2 Å². The summed E-state index contributed by atoms with van der Waals surface area (Å²) in [6.07, 6.45) is 1.48. The maximum atomic E-state index is 11.2. The van der Waals surface area contributed by atoms with Crippen LogP contribution in [0.5, 0.6) is 0 Å². The zero-order chi connectivity index (χ0) is 10.7. The number of hydrogen-bond acceptors (Lipinski definition) is 3. The van der Waals surface area contributed by atoms with Gasteiger partial charge < -0.3 is 0 Å². The summed E-state index contributed by atoms with van der Waals surface area (Å²) in [5.74, 6) is 0.00193. The van der Waals surface area contributed by atoms with Gasteiger partial charge in [0.15, 0.2) is 5.78 Å². The number of carbonyl (C=O) groups is 1. The third kappa shape index (κ3) is 2.07. The summed E-state index contributed by atoms with van der Waals surface area (Å²) < 4.78 is 0. The minimum Gasteiger partial charge on any atom is -0.294 e. The van der Waals surface area contributed by atoms with Gasteiger partial charge in [0.25, 0.3) is 0 Å². The van der Waals surface area contributed by atoms with E-state index in [0.717, 1.165) is 11.3 Å². The fourth-order valence-corrected chi connectivity index (χ4v) is 1.31. The van der Waals surface area contributed by atoms with Crippen molar-refractivity contribution in [1.82, 2.24) is 10.2 Å². The minimum absolute atomic E-state index is 0.00193. The van der Waals surface area contributed by atoms with E-state index in [1.165, 1.54) is 13.1 Å². The van der Waals surface area contributed by atoms with Gasteiger partial charge in [0.05, 0.1) is 11.9 Å². The quantitative estimate of drug-likeness (QED) is 0.695. The topological polar surface area (TPSA) is 42.9 Å². The van der Waals surface area contributed by atoms with E-state index in [-0.39, 0.29) is 5.78 Å². The number of Topliss-reactive ketones (excluding diaryl/α,β-unsaturated/α-hetero) is 1. The lowest BCUT2D eigenvalue weighted by atomic mass is 10.1. The molecule has 3 nitrogen and oxygen atoms in total. The summed E-state index contributed by atoms with van der Waals surface area (Å²) in [6, 6.07) is 11.4. The van der Waals surface area contributed by atoms with Crippen LogP contribution in [0.3, 0.4) is 0 Å². The molecule has 2 rings (SSSR count). The summed E-state index contributed by atoms with van der Waals surface area (Å²) in [4.78, 5) is 11.2. The lowest BCUT2D eigenvalue weighted by Crippen LogP contribution is -1.96. The molecule has 0 aliphatic carbocycles. The van der Waals surface area contributed by atoms with E-state index in [9.17, 15) is 4.79 Å². The molecule has 3 heteroatoms. The molecule has 0 spiro atoms. The molecule has 1 aromatic heterocycles. The number of nitrogens with zero attached hydrogens (tertiary/aromatic N) is 2. The molecule has 0 saturated heterocycles. The average molecular weight is 198 g/mol. The SMILES string of the molecule is CC(=O)c1cnnc(-c2ccccc2)c1. The number of hydrogen-bond donors (Lipinski definition) is 0. The third-order valence-electron chi connectivity index (χ3n) is 2.13. The minimum atomic E-state index is 0.00193. The third-order valence-corrected chi connectivity index (χ3v) is 2.13. The maximum Gasteiger partial charge on any atom is 0.161 e. The van der Waals surface area contributed by atoms with Crippen molar-refractivity contribution in [3.8, 4) is 11.3 Å². The van der Waals surface area contributed by atoms with Crippen molar-refractivity contribution < 1.29 is 4.79 Å². The number of ketones is 1. The van der Waals surface area contributed by atoms with Crippen molar-refractivity contribution in [3.05, 3.63) is 48.2 Å². The Balaban J connectivity index is 2.46. The molecule has 1 heterocycles. The first kappa shape index (κ1) is 9.52. The second-order valence-electron chi connectivity index (χ2n) is 3.25. The van der Waals surface area contributed by atoms with Crippen LogP contribution in [0.4, 0.5) is 0 Å². The van der Waals surface area contributed by atoms with Gasteiger partial charge in [-0.3, -0.25) is 4.79 Å². The average Bonchev–Trinajstić information content (AvgIpc) is 2.30. The molecule has 0 N–H and O–H groups in total. The van der Waals surface area contributed by atoms with Gasteiger partial charge in [0.2, 0.25) is 0 Å². The Bertz CT molecular complexity index is 480. The van der Waals surface area contributed by atoms with Crippen LogP contribution in [0.25, 0.3) is 11.3 Å². The Labute approximate surface area is 87.8 Å². The standard InChI is InChI=1S/C12H10N2O/c1-9(15)11-7-12(14-13-8-11)10-5-3-2-4-6-10/h2-8H,1H3. The van der Waals surface area contributed by atoms with E-state index < -0.39 is 0 Å². The van der Waals surface area contributed by atoms with Gasteiger partial charge in [-0.2, -0.15) is 10.2 Å². The number of rotatable bonds is 2. The molecular formula is C12H10N2O. The van der Waals surface area contributed by atoms with Gasteiger partial charge in [-0.05, 0) is 13.0 Å². The molecule has 2 aromatic rings. The molecule has 0 amide bonds. The van der Waals surface area contributed by atoms with Gasteiger partial charge >= 0.3 is 0 Å². The molecule has 0 aliphatic heterocycles. The molecule has 0 saturated carbocycles. The van der Waals surface area contributed by atoms with Crippen LogP contribution in [0.1, 0.15) is 17.3 Å². The molecule has 0 atom stereocenters. The van der Waals surface area contributed by atoms with Crippen LogP contribution in [0.15, 0.2) is 42.6 Å². The highest BCUT2D eigenvalue weighted by Gasteiger charge is 2.03. The molecular weight excluding hydrogens is 188 g/mol. The van der Waals surface area contributed by atoms with Gasteiger partial charge in [-0.15, -0.1) is 0 Å². The Morgan fingerprint density at radius 3 is 2.60 bits per heavy atom. The van der Waals surface area contributed by atoms with E-state index in [4.69, 9.17) is 0 Å². The van der Waals surface area contributed by atoms with E-state index in [0.29, 0.717) is 5.56 Å². The van der Waals surface area contributed by atoms with E-state index >= 15 is 0 Å². The highest BCUT2D eigenvalue weighted by molar-refractivity contribution is 5.94. The molecule has 0 bridgehead atoms. The summed E-state index contributed by atoms with van der Waals surface area (Å²) >= 11 is 0. The predicted molar refractivity (Wildman–Crippen MR) is 57.5 cm³/mol. The Kier molecular flexibility index (Phi) is 2.54. The van der Waals surface area contributed by atoms with Gasteiger partial charge in [-0.25, -0.2) is 0 Å². The van der Waals surface area contributed by atoms with E-state index in [1.54, 1.807) is 6.07 Å². The molecule has 0 radical (unpaired) electrons. The molecule has 15 heavy (non-hydrogen) atoms. The number of aromatic nitrogens is 2. The van der Waals surface area contributed by atoms with Crippen LogP contribution in [0.2, 0.25) is 0 Å². The highest BCUT2D eigenvalue weighted by Crippen LogP contribution is 2.16. The molecule has 0 unspecified atom stereocenters. The van der Waals surface area contributed by atoms with Gasteiger partial charge in [0.1, 0.15) is 0 Å². The Morgan fingerprint density at radius 1 is 1.20 bits per heavy atom. The van der Waals surface area contributed by atoms with Crippen molar-refractivity contribution >= 4 is 5.78 Å². The smallest absolute Gasteiger partial charge is 0.161 e. The predicted octanol–water partition coefficient (Wildman–Crippen LogP) is 2.35. The molecule has 74 valence electrons. The lowest BCUT2D eigenvalue weighted by Gasteiger charge is -2.00. The zero-order valence-electron chi connectivity index (χ0n) is 8.34. The summed E-state index contributed by atoms with van der Waals surface area (Å²) in [7, 11) is 0. The van der Waals surface area contributed by atoms with Gasteiger partial charge in [-0.1, -0.05) is 30.3 Å². The second-order valence-corrected chi connectivity index (χ2v) is 3.25. The highest BCUT2D eigenvalue weighted by atomic mass is 16.1. The second kappa shape index (κ2) is 4.00. The fourth-order valence-electron chi connectivity index (χ4n) is 1.31. The number of carbonyl (C=O) groups excluding carboxylic acids is 1. The maximum absolute atomic E-state index is 11.2. The zero-order valence-corrected chi connectivity index (χ0v) is 8.34. The van der Waals surface area contributed by atoms with Crippen molar-refractivity contribution in [2.75, 3.05) is 0 Å². The lowest BCUT2D eigenvalue weighted by molar-refractivity contribution is 0.101. The molecule has 0 aliphatic rings. The largest absolute Gasteiger partial charge is 0.294 e. The summed E-state index contributed by atoms with van der Waals surface area (Å²) in [5, 5.41) is 7.80.